The van der Waals surface area contributed by atoms with E-state index in [1.165, 1.54) is 10.6 Å². The number of rotatable bonds is 7. The van der Waals surface area contributed by atoms with Gasteiger partial charge in [-0.25, -0.2) is 0 Å². The first-order valence-electron chi connectivity index (χ1n) is 8.45. The zero-order valence-corrected chi connectivity index (χ0v) is 14.7. The van der Waals surface area contributed by atoms with Gasteiger partial charge in [0.15, 0.2) is 0 Å². The van der Waals surface area contributed by atoms with Gasteiger partial charge in [-0.2, -0.15) is 4.39 Å². The number of nitrogens with zero attached hydrogens (tertiary/aromatic N) is 2. The van der Waals surface area contributed by atoms with Crippen LogP contribution in [0.5, 0.6) is 5.75 Å². The summed E-state index contributed by atoms with van der Waals surface area (Å²) in [6.07, 6.45) is 4.22. The van der Waals surface area contributed by atoms with Crippen LogP contribution >= 0.6 is 11.6 Å². The molecule has 0 saturated carbocycles. The summed E-state index contributed by atoms with van der Waals surface area (Å²) in [6.45, 7) is 6.81. The van der Waals surface area contributed by atoms with Crippen LogP contribution in [-0.2, 0) is 13.1 Å². The molecule has 1 unspecified atom stereocenters. The van der Waals surface area contributed by atoms with Gasteiger partial charge in [0.25, 0.3) is 0 Å². The summed E-state index contributed by atoms with van der Waals surface area (Å²) in [5, 5.41) is 9.59. The minimum Gasteiger partial charge on any atom is -0.501 e. The summed E-state index contributed by atoms with van der Waals surface area (Å²) in [7, 11) is 0. The molecule has 0 amide bonds. The first-order chi connectivity index (χ1) is 11.0. The number of aromatic nitrogens is 1. The van der Waals surface area contributed by atoms with Crippen LogP contribution in [0.3, 0.4) is 0 Å². The number of hydrogen-bond donors (Lipinski definition) is 1. The third kappa shape index (κ3) is 4.27. The zero-order valence-electron chi connectivity index (χ0n) is 13.9. The maximum atomic E-state index is 14.0. The van der Waals surface area contributed by atoms with Crippen LogP contribution in [0.2, 0.25) is 0 Å². The molecule has 1 aliphatic heterocycles. The van der Waals surface area contributed by atoms with E-state index in [4.69, 9.17) is 11.6 Å². The Morgan fingerprint density at radius 1 is 1.30 bits per heavy atom. The van der Waals surface area contributed by atoms with Crippen LogP contribution in [0, 0.1) is 11.9 Å². The maximum absolute atomic E-state index is 14.0. The highest BCUT2D eigenvalue weighted by molar-refractivity contribution is 6.20. The molecule has 1 aromatic rings. The van der Waals surface area contributed by atoms with E-state index in [1.54, 1.807) is 0 Å². The molecule has 0 bridgehead atoms. The molecule has 4 nitrogen and oxygen atoms in total. The highest BCUT2D eigenvalue weighted by Crippen LogP contribution is 2.25. The summed E-state index contributed by atoms with van der Waals surface area (Å²) in [5.41, 5.74) is -0.0321. The van der Waals surface area contributed by atoms with Gasteiger partial charge in [0, 0.05) is 43.3 Å². The highest BCUT2D eigenvalue weighted by atomic mass is 35.5. The van der Waals surface area contributed by atoms with E-state index in [9.17, 15) is 14.3 Å². The van der Waals surface area contributed by atoms with Gasteiger partial charge in [-0.05, 0) is 18.8 Å². The number of alkyl halides is 1. The lowest BCUT2D eigenvalue weighted by atomic mass is 9.95. The predicted molar refractivity (Wildman–Crippen MR) is 90.5 cm³/mol. The van der Waals surface area contributed by atoms with E-state index in [2.05, 4.69) is 18.7 Å². The molecule has 0 aromatic carbocycles. The Balaban J connectivity index is 2.10. The van der Waals surface area contributed by atoms with Crippen molar-refractivity contribution in [2.75, 3.05) is 13.1 Å². The number of hydrogen-bond acceptors (Lipinski definition) is 3. The summed E-state index contributed by atoms with van der Waals surface area (Å²) in [5.74, 6) is -1.20. The van der Waals surface area contributed by atoms with E-state index in [1.807, 2.05) is 0 Å². The second-order valence-corrected chi connectivity index (χ2v) is 6.94. The van der Waals surface area contributed by atoms with Crippen LogP contribution < -0.4 is 5.43 Å². The van der Waals surface area contributed by atoms with Crippen molar-refractivity contribution in [1.29, 1.82) is 0 Å². The van der Waals surface area contributed by atoms with Crippen molar-refractivity contribution in [3.05, 3.63) is 27.9 Å². The van der Waals surface area contributed by atoms with Gasteiger partial charge in [0.05, 0.1) is 0 Å². The minimum atomic E-state index is -0.821. The van der Waals surface area contributed by atoms with Crippen molar-refractivity contribution in [3.8, 4) is 5.75 Å². The topological polar surface area (TPSA) is 45.5 Å². The lowest BCUT2D eigenvalue weighted by Crippen LogP contribution is -2.40. The Bertz CT molecular complexity index is 591. The summed E-state index contributed by atoms with van der Waals surface area (Å²) in [4.78, 5) is 13.8. The molecule has 1 aromatic heterocycles. The molecule has 2 rings (SSSR count). The number of fused-ring (bicyclic) bond motifs is 1. The van der Waals surface area contributed by atoms with Crippen LogP contribution in [-0.4, -0.2) is 33.0 Å². The van der Waals surface area contributed by atoms with Crippen molar-refractivity contribution in [1.82, 2.24) is 9.47 Å². The van der Waals surface area contributed by atoms with Gasteiger partial charge >= 0.3 is 0 Å². The predicted octanol–water partition coefficient (Wildman–Crippen LogP) is 3.33. The first-order valence-corrected chi connectivity index (χ1v) is 8.89. The van der Waals surface area contributed by atoms with Crippen molar-refractivity contribution < 1.29 is 9.50 Å². The number of halogens is 2. The average Bonchev–Trinajstić information content (AvgIpc) is 2.52. The van der Waals surface area contributed by atoms with Crippen LogP contribution in [0.4, 0.5) is 4.39 Å². The molecular formula is C17H26ClFN2O2. The van der Waals surface area contributed by atoms with Gasteiger partial charge in [-0.1, -0.05) is 26.7 Å². The lowest BCUT2D eigenvalue weighted by Gasteiger charge is -2.34. The molecule has 6 heteroatoms. The van der Waals surface area contributed by atoms with Gasteiger partial charge in [0.2, 0.25) is 17.1 Å². The fraction of sp³-hybridized carbons (Fsp3) is 0.706. The van der Waals surface area contributed by atoms with Crippen molar-refractivity contribution in [2.45, 2.75) is 58.0 Å². The number of pyridine rings is 1. The summed E-state index contributed by atoms with van der Waals surface area (Å²) >= 11 is 6.54. The van der Waals surface area contributed by atoms with Gasteiger partial charge in [-0.15, -0.1) is 11.6 Å². The molecular weight excluding hydrogens is 319 g/mol. The molecule has 130 valence electrons. The van der Waals surface area contributed by atoms with Crippen LogP contribution in [0.25, 0.3) is 0 Å². The Morgan fingerprint density at radius 3 is 2.65 bits per heavy atom. The molecule has 0 aliphatic carbocycles. The summed E-state index contributed by atoms with van der Waals surface area (Å²) < 4.78 is 15.4. The molecule has 0 radical (unpaired) electrons. The fourth-order valence-electron chi connectivity index (χ4n) is 3.33. The molecule has 1 N–H and O–H groups in total. The van der Waals surface area contributed by atoms with E-state index in [0.29, 0.717) is 31.2 Å². The molecule has 0 spiro atoms. The van der Waals surface area contributed by atoms with Gasteiger partial charge in [-0.3, -0.25) is 9.69 Å². The maximum Gasteiger partial charge on any atom is 0.240 e. The van der Waals surface area contributed by atoms with Crippen LogP contribution in [0.1, 0.15) is 45.2 Å². The lowest BCUT2D eigenvalue weighted by molar-refractivity contribution is 0.169. The fourth-order valence-corrected chi connectivity index (χ4v) is 3.76. The normalized spacial score (nSPS) is 17.7. The average molecular weight is 345 g/mol. The van der Waals surface area contributed by atoms with E-state index in [-0.39, 0.29) is 5.38 Å². The zero-order chi connectivity index (χ0) is 17.0. The summed E-state index contributed by atoms with van der Waals surface area (Å²) in [6, 6.07) is 1.34. The second-order valence-electron chi connectivity index (χ2n) is 6.38. The SMILES string of the molecule is CCCC(Cl)[C@H](CCC)CN1CCn2c(cc(=O)c(O)c2F)C1. The highest BCUT2D eigenvalue weighted by Gasteiger charge is 2.25. The van der Waals surface area contributed by atoms with Crippen molar-refractivity contribution in [3.63, 3.8) is 0 Å². The molecule has 1 aliphatic rings. The minimum absolute atomic E-state index is 0.153. The van der Waals surface area contributed by atoms with Crippen LogP contribution in [0.15, 0.2) is 10.9 Å². The second kappa shape index (κ2) is 8.15. The van der Waals surface area contributed by atoms with Gasteiger partial charge in [0.1, 0.15) is 0 Å². The monoisotopic (exact) mass is 344 g/mol. The standard InChI is InChI=1S/C17H26ClFN2O2/c1-3-5-12(14(18)6-4-2)10-20-7-8-21-13(11-20)9-15(22)16(23)17(21)19/h9,12,14,23H,3-8,10-11H2,1-2H3/t12-,14?/m1/s1. The van der Waals surface area contributed by atoms with Crippen molar-refractivity contribution in [2.24, 2.45) is 5.92 Å². The van der Waals surface area contributed by atoms with E-state index in [0.717, 1.165) is 32.2 Å². The molecule has 0 fully saturated rings. The third-order valence-corrected chi connectivity index (χ3v) is 5.14. The number of aromatic hydroxyl groups is 1. The molecule has 23 heavy (non-hydrogen) atoms. The Labute approximate surface area is 141 Å². The smallest absolute Gasteiger partial charge is 0.240 e. The largest absolute Gasteiger partial charge is 0.501 e. The van der Waals surface area contributed by atoms with E-state index < -0.39 is 17.1 Å². The first kappa shape index (κ1) is 18.3. The van der Waals surface area contributed by atoms with Gasteiger partial charge < -0.3 is 9.67 Å². The Morgan fingerprint density at radius 2 is 2.00 bits per heavy atom. The quantitative estimate of drug-likeness (QED) is 0.609. The van der Waals surface area contributed by atoms with E-state index >= 15 is 0 Å². The third-order valence-electron chi connectivity index (χ3n) is 4.56. The van der Waals surface area contributed by atoms with Crippen molar-refractivity contribution >= 4 is 11.6 Å². The Hall–Kier alpha value is -1.07. The molecule has 2 atom stereocenters. The molecule has 2 heterocycles. The Kier molecular flexibility index (Phi) is 6.48. The molecule has 0 saturated heterocycles.